The third kappa shape index (κ3) is 1.75. The minimum Gasteiger partial charge on any atom is -0.465 e. The van der Waals surface area contributed by atoms with Gasteiger partial charge < -0.3 is 4.74 Å². The summed E-state index contributed by atoms with van der Waals surface area (Å²) in [6.07, 6.45) is 1.73. The summed E-state index contributed by atoms with van der Waals surface area (Å²) in [5.41, 5.74) is 5.16. The second-order valence-electron chi connectivity index (χ2n) is 5.72. The third-order valence-corrected chi connectivity index (χ3v) is 4.56. The number of esters is 1. The van der Waals surface area contributed by atoms with E-state index in [9.17, 15) is 4.79 Å². The fourth-order valence-electron chi connectivity index (χ4n) is 3.50. The summed E-state index contributed by atoms with van der Waals surface area (Å²) in [5.74, 6) is 0.311. The van der Waals surface area contributed by atoms with Crippen molar-refractivity contribution in [1.29, 1.82) is 0 Å². The van der Waals surface area contributed by atoms with Gasteiger partial charge in [0, 0.05) is 5.92 Å². The van der Waals surface area contributed by atoms with Crippen LogP contribution in [0, 0.1) is 11.8 Å². The lowest BCUT2D eigenvalue weighted by Gasteiger charge is -2.23. The highest BCUT2D eigenvalue weighted by Crippen LogP contribution is 2.38. The number of hydrogen-bond donors (Lipinski definition) is 0. The maximum Gasteiger partial charge on any atom is 0.309 e. The van der Waals surface area contributed by atoms with E-state index in [1.807, 2.05) is 0 Å². The summed E-state index contributed by atoms with van der Waals surface area (Å²) in [4.78, 5) is 12.0. The number of ether oxygens (including phenoxy) is 1. The van der Waals surface area contributed by atoms with Crippen molar-refractivity contribution in [2.24, 2.45) is 11.8 Å². The highest BCUT2D eigenvalue weighted by molar-refractivity contribution is 5.78. The summed E-state index contributed by atoms with van der Waals surface area (Å²) < 4.78 is 5.30. The van der Waals surface area contributed by atoms with Crippen molar-refractivity contribution in [2.45, 2.75) is 12.8 Å². The Kier molecular flexibility index (Phi) is 2.62. The van der Waals surface area contributed by atoms with Gasteiger partial charge in [0.25, 0.3) is 0 Å². The quantitative estimate of drug-likeness (QED) is 0.683. The molecule has 1 fully saturated rings. The van der Waals surface area contributed by atoms with Crippen LogP contribution in [-0.4, -0.2) is 12.6 Å². The van der Waals surface area contributed by atoms with E-state index < -0.39 is 0 Å². The normalized spacial score (nSPS) is 23.9. The molecule has 20 heavy (non-hydrogen) atoms. The van der Waals surface area contributed by atoms with Crippen LogP contribution >= 0.6 is 0 Å². The molecule has 2 aromatic carbocycles. The molecule has 2 nitrogen and oxygen atoms in total. The second kappa shape index (κ2) is 4.48. The first-order chi connectivity index (χ1) is 9.83. The molecule has 0 N–H and O–H groups in total. The highest BCUT2D eigenvalue weighted by atomic mass is 16.5. The van der Waals surface area contributed by atoms with E-state index in [4.69, 9.17) is 4.74 Å². The number of rotatable bonds is 0. The number of fused-ring (bicyclic) bond motifs is 4. The monoisotopic (exact) mass is 264 g/mol. The molecule has 0 radical (unpaired) electrons. The Morgan fingerprint density at radius 3 is 2.15 bits per heavy atom. The SMILES string of the molecule is O=C1OC[C@@H]2Cc3ccccc3-c3ccccc3C[C@H]12. The van der Waals surface area contributed by atoms with Gasteiger partial charge in [-0.2, -0.15) is 0 Å². The molecule has 0 amide bonds. The molecule has 4 rings (SSSR count). The van der Waals surface area contributed by atoms with Gasteiger partial charge in [-0.1, -0.05) is 48.5 Å². The molecule has 0 aromatic heterocycles. The van der Waals surface area contributed by atoms with Crippen molar-refractivity contribution in [3.8, 4) is 11.1 Å². The zero-order chi connectivity index (χ0) is 13.5. The summed E-state index contributed by atoms with van der Waals surface area (Å²) in [5, 5.41) is 0. The number of cyclic esters (lactones) is 1. The van der Waals surface area contributed by atoms with Crippen molar-refractivity contribution >= 4 is 5.97 Å². The minimum absolute atomic E-state index is 0.0181. The molecule has 0 spiro atoms. The molecule has 2 atom stereocenters. The molecule has 2 heteroatoms. The van der Waals surface area contributed by atoms with Gasteiger partial charge in [0.1, 0.15) is 0 Å². The molecular weight excluding hydrogens is 248 g/mol. The zero-order valence-electron chi connectivity index (χ0n) is 11.2. The first-order valence-corrected chi connectivity index (χ1v) is 7.16. The van der Waals surface area contributed by atoms with Crippen LogP contribution in [0.5, 0.6) is 0 Å². The van der Waals surface area contributed by atoms with Crippen molar-refractivity contribution in [3.63, 3.8) is 0 Å². The Hall–Kier alpha value is -2.09. The number of benzene rings is 2. The lowest BCUT2D eigenvalue weighted by atomic mass is 9.78. The molecule has 2 aliphatic rings. The average molecular weight is 264 g/mol. The largest absolute Gasteiger partial charge is 0.465 e. The molecule has 100 valence electrons. The van der Waals surface area contributed by atoms with Crippen molar-refractivity contribution < 1.29 is 9.53 Å². The Labute approximate surface area is 118 Å². The first kappa shape index (κ1) is 11.7. The molecule has 1 aliphatic carbocycles. The third-order valence-electron chi connectivity index (χ3n) is 4.56. The summed E-state index contributed by atoms with van der Waals surface area (Å²) in [7, 11) is 0. The van der Waals surface area contributed by atoms with Crippen molar-refractivity contribution in [1.82, 2.24) is 0 Å². The molecule has 1 aliphatic heterocycles. The van der Waals surface area contributed by atoms with Crippen LogP contribution in [-0.2, 0) is 22.4 Å². The van der Waals surface area contributed by atoms with Crippen LogP contribution in [0.1, 0.15) is 11.1 Å². The summed E-state index contributed by atoms with van der Waals surface area (Å²) >= 11 is 0. The van der Waals surface area contributed by atoms with Gasteiger partial charge in [-0.3, -0.25) is 4.79 Å². The topological polar surface area (TPSA) is 26.3 Å². The first-order valence-electron chi connectivity index (χ1n) is 7.16. The van der Waals surface area contributed by atoms with E-state index in [1.165, 1.54) is 22.3 Å². The maximum atomic E-state index is 12.0. The molecule has 0 unspecified atom stereocenters. The zero-order valence-corrected chi connectivity index (χ0v) is 11.2. The highest BCUT2D eigenvalue weighted by Gasteiger charge is 2.38. The van der Waals surface area contributed by atoms with Gasteiger partial charge in [0.05, 0.1) is 12.5 Å². The Balaban J connectivity index is 1.91. The molecular formula is C18H16O2. The molecule has 1 heterocycles. The number of carbonyl (C=O) groups excluding carboxylic acids is 1. The summed E-state index contributed by atoms with van der Waals surface area (Å²) in [6, 6.07) is 17.0. The molecule has 1 saturated heterocycles. The van der Waals surface area contributed by atoms with Crippen LogP contribution in [0.15, 0.2) is 48.5 Å². The van der Waals surface area contributed by atoms with Crippen LogP contribution in [0.25, 0.3) is 11.1 Å². The molecule has 2 aromatic rings. The van der Waals surface area contributed by atoms with Gasteiger partial charge in [-0.15, -0.1) is 0 Å². The fourth-order valence-corrected chi connectivity index (χ4v) is 3.50. The lowest BCUT2D eigenvalue weighted by molar-refractivity contribution is -0.141. The van der Waals surface area contributed by atoms with E-state index in [2.05, 4.69) is 48.5 Å². The van der Waals surface area contributed by atoms with Crippen LogP contribution in [0.4, 0.5) is 0 Å². The predicted molar refractivity (Wildman–Crippen MR) is 77.2 cm³/mol. The Morgan fingerprint density at radius 2 is 1.45 bits per heavy atom. The average Bonchev–Trinajstić information content (AvgIpc) is 2.79. The smallest absolute Gasteiger partial charge is 0.309 e. The lowest BCUT2D eigenvalue weighted by Crippen LogP contribution is -2.22. The summed E-state index contributed by atoms with van der Waals surface area (Å²) in [6.45, 7) is 0.569. The minimum atomic E-state index is -0.0239. The van der Waals surface area contributed by atoms with E-state index in [0.29, 0.717) is 12.5 Å². The van der Waals surface area contributed by atoms with E-state index in [1.54, 1.807) is 0 Å². The molecule has 0 saturated carbocycles. The van der Waals surface area contributed by atoms with Gasteiger partial charge in [0.2, 0.25) is 0 Å². The molecule has 0 bridgehead atoms. The van der Waals surface area contributed by atoms with Crippen LogP contribution in [0.2, 0.25) is 0 Å². The Bertz CT molecular complexity index is 675. The van der Waals surface area contributed by atoms with E-state index >= 15 is 0 Å². The van der Waals surface area contributed by atoms with Crippen LogP contribution in [0.3, 0.4) is 0 Å². The van der Waals surface area contributed by atoms with Gasteiger partial charge >= 0.3 is 5.97 Å². The van der Waals surface area contributed by atoms with Crippen molar-refractivity contribution in [2.75, 3.05) is 6.61 Å². The Morgan fingerprint density at radius 1 is 0.850 bits per heavy atom. The maximum absolute atomic E-state index is 12.0. The van der Waals surface area contributed by atoms with Crippen molar-refractivity contribution in [3.05, 3.63) is 59.7 Å². The number of hydrogen-bond acceptors (Lipinski definition) is 2. The van der Waals surface area contributed by atoms with E-state index in [0.717, 1.165) is 12.8 Å². The number of carbonyl (C=O) groups is 1. The van der Waals surface area contributed by atoms with Gasteiger partial charge in [0.15, 0.2) is 0 Å². The predicted octanol–water partition coefficient (Wildman–Crippen LogP) is 3.24. The van der Waals surface area contributed by atoms with Crippen LogP contribution < -0.4 is 0 Å². The second-order valence-corrected chi connectivity index (χ2v) is 5.72. The standard InChI is InChI=1S/C18H16O2/c19-18-17-10-13-6-2-4-8-16(13)15-7-3-1-5-12(15)9-14(17)11-20-18/h1-8,14,17H,9-11H2/t14-,17-/m0/s1. The van der Waals surface area contributed by atoms with Gasteiger partial charge in [-0.05, 0) is 35.1 Å². The van der Waals surface area contributed by atoms with Gasteiger partial charge in [-0.25, -0.2) is 0 Å². The fraction of sp³-hybridized carbons (Fsp3) is 0.278. The van der Waals surface area contributed by atoms with E-state index in [-0.39, 0.29) is 11.9 Å².